The normalized spacial score (nSPS) is 10.7. The lowest BCUT2D eigenvalue weighted by molar-refractivity contribution is -0.148. The second kappa shape index (κ2) is 12.0. The molecule has 0 radical (unpaired) electrons. The molecule has 0 aliphatic carbocycles. The van der Waals surface area contributed by atoms with Crippen LogP contribution in [0.4, 0.5) is 0 Å². The lowest BCUT2D eigenvalue weighted by Gasteiger charge is -2.21. The Hall–Kier alpha value is -3.99. The van der Waals surface area contributed by atoms with Gasteiger partial charge in [-0.2, -0.15) is 5.26 Å². The molecule has 0 bridgehead atoms. The van der Waals surface area contributed by atoms with Gasteiger partial charge in [-0.1, -0.05) is 18.2 Å². The fourth-order valence-corrected chi connectivity index (χ4v) is 2.88. The molecule has 0 N–H and O–H groups in total. The Balaban J connectivity index is 2.01. The van der Waals surface area contributed by atoms with E-state index in [9.17, 15) is 14.9 Å². The molecule has 2 aromatic carbocycles. The predicted octanol–water partition coefficient (Wildman–Crippen LogP) is 3.21. The van der Waals surface area contributed by atoms with Gasteiger partial charge in [0.2, 0.25) is 0 Å². The zero-order chi connectivity index (χ0) is 23.5. The molecule has 168 valence electrons. The summed E-state index contributed by atoms with van der Waals surface area (Å²) in [5.41, 5.74) is 1.27. The minimum absolute atomic E-state index is 0.203. The molecule has 8 heteroatoms. The highest BCUT2D eigenvalue weighted by Gasteiger charge is 2.18. The summed E-state index contributed by atoms with van der Waals surface area (Å²) in [5, 5.41) is 9.30. The van der Waals surface area contributed by atoms with E-state index in [0.29, 0.717) is 35.9 Å². The van der Waals surface area contributed by atoms with Crippen molar-refractivity contribution in [2.24, 2.45) is 0 Å². The highest BCUT2D eigenvalue weighted by atomic mass is 16.5. The number of nitrogens with zero attached hydrogens (tertiary/aromatic N) is 2. The van der Waals surface area contributed by atoms with Crippen molar-refractivity contribution in [3.05, 3.63) is 59.2 Å². The van der Waals surface area contributed by atoms with Crippen LogP contribution in [-0.2, 0) is 20.9 Å². The third kappa shape index (κ3) is 6.51. The first-order valence-corrected chi connectivity index (χ1v) is 9.87. The van der Waals surface area contributed by atoms with Crippen LogP contribution < -0.4 is 14.2 Å². The van der Waals surface area contributed by atoms with Crippen LogP contribution in [-0.4, -0.2) is 51.3 Å². The number of hydrogen-bond donors (Lipinski definition) is 0. The van der Waals surface area contributed by atoms with Crippen LogP contribution in [0.15, 0.2) is 48.0 Å². The van der Waals surface area contributed by atoms with E-state index in [1.165, 1.54) is 18.1 Å². The van der Waals surface area contributed by atoms with Crippen molar-refractivity contribution in [3.8, 4) is 23.3 Å². The van der Waals surface area contributed by atoms with Gasteiger partial charge in [0.1, 0.15) is 17.4 Å². The summed E-state index contributed by atoms with van der Waals surface area (Å²) in [4.78, 5) is 26.4. The molecular formula is C24H26N2O6. The maximum absolute atomic E-state index is 12.6. The number of rotatable bonds is 10. The summed E-state index contributed by atoms with van der Waals surface area (Å²) < 4.78 is 20.7. The lowest BCUT2D eigenvalue weighted by atomic mass is 10.1. The van der Waals surface area contributed by atoms with E-state index in [0.717, 1.165) is 5.56 Å². The van der Waals surface area contributed by atoms with Crippen molar-refractivity contribution >= 4 is 18.0 Å². The first-order valence-electron chi connectivity index (χ1n) is 9.87. The van der Waals surface area contributed by atoms with Gasteiger partial charge in [-0.05, 0) is 48.4 Å². The second-order valence-electron chi connectivity index (χ2n) is 6.62. The van der Waals surface area contributed by atoms with Crippen LogP contribution in [0.5, 0.6) is 17.2 Å². The van der Waals surface area contributed by atoms with E-state index in [1.807, 2.05) is 19.1 Å². The number of nitriles is 1. The third-order valence-corrected chi connectivity index (χ3v) is 4.65. The maximum atomic E-state index is 12.6. The van der Waals surface area contributed by atoms with Gasteiger partial charge in [-0.15, -0.1) is 0 Å². The van der Waals surface area contributed by atoms with Crippen molar-refractivity contribution in [2.75, 3.05) is 34.5 Å². The molecule has 0 aliphatic rings. The molecule has 0 fully saturated rings. The average Bonchev–Trinajstić information content (AvgIpc) is 2.84. The molecule has 0 aliphatic heterocycles. The third-order valence-electron chi connectivity index (χ3n) is 4.65. The van der Waals surface area contributed by atoms with E-state index in [2.05, 4.69) is 0 Å². The maximum Gasteiger partial charge on any atom is 0.349 e. The Kier molecular flexibility index (Phi) is 9.11. The Labute approximate surface area is 187 Å². The first kappa shape index (κ1) is 24.3. The van der Waals surface area contributed by atoms with Crippen LogP contribution in [0.1, 0.15) is 18.1 Å². The lowest BCUT2D eigenvalue weighted by Crippen LogP contribution is -2.34. The number of ether oxygens (including phenoxy) is 4. The molecule has 0 aromatic heterocycles. The highest BCUT2D eigenvalue weighted by molar-refractivity contribution is 5.98. The molecule has 0 saturated carbocycles. The minimum Gasteiger partial charge on any atom is -0.497 e. The number of hydrogen-bond acceptors (Lipinski definition) is 7. The minimum atomic E-state index is -0.862. The number of likely N-dealkylation sites (N-methyl/N-ethyl adjacent to an activating group) is 1. The van der Waals surface area contributed by atoms with E-state index < -0.39 is 12.6 Å². The average molecular weight is 438 g/mol. The first-order chi connectivity index (χ1) is 15.4. The summed E-state index contributed by atoms with van der Waals surface area (Å²) in [5.74, 6) is 0.564. The van der Waals surface area contributed by atoms with Crippen molar-refractivity contribution in [3.63, 3.8) is 0 Å². The zero-order valence-electron chi connectivity index (χ0n) is 18.6. The molecule has 0 unspecified atom stereocenters. The van der Waals surface area contributed by atoms with Crippen molar-refractivity contribution in [1.29, 1.82) is 5.26 Å². The van der Waals surface area contributed by atoms with E-state index in [4.69, 9.17) is 18.9 Å². The summed E-state index contributed by atoms with van der Waals surface area (Å²) in [6.45, 7) is 2.07. The fourth-order valence-electron chi connectivity index (χ4n) is 2.88. The monoisotopic (exact) mass is 438 g/mol. The molecule has 2 aromatic rings. The standard InChI is InChI=1S/C24H26N2O6/c1-5-26(15-18-8-11-21(30-3)22(13-18)31-4)23(27)16-32-24(28)19(14-25)12-17-6-9-20(29-2)10-7-17/h6-13H,5,15-16H2,1-4H3/b19-12+. The SMILES string of the molecule is CCN(Cc1ccc(OC)c(OC)c1)C(=O)COC(=O)/C(C#N)=C/c1ccc(OC)cc1. The van der Waals surface area contributed by atoms with Gasteiger partial charge in [0.15, 0.2) is 18.1 Å². The second-order valence-corrected chi connectivity index (χ2v) is 6.62. The number of benzene rings is 2. The van der Waals surface area contributed by atoms with E-state index >= 15 is 0 Å². The summed E-state index contributed by atoms with van der Waals surface area (Å²) in [6.07, 6.45) is 1.40. The van der Waals surface area contributed by atoms with E-state index in [-0.39, 0.29) is 11.5 Å². The molecule has 32 heavy (non-hydrogen) atoms. The number of carbonyl (C=O) groups is 2. The molecule has 1 amide bonds. The van der Waals surface area contributed by atoms with Gasteiger partial charge >= 0.3 is 5.97 Å². The molecule has 0 atom stereocenters. The van der Waals surface area contributed by atoms with Crippen LogP contribution in [0.3, 0.4) is 0 Å². The van der Waals surface area contributed by atoms with Gasteiger partial charge in [0.25, 0.3) is 5.91 Å². The Bertz CT molecular complexity index is 1010. The van der Waals surface area contributed by atoms with Crippen molar-refractivity contribution in [2.45, 2.75) is 13.5 Å². The van der Waals surface area contributed by atoms with Gasteiger partial charge in [0.05, 0.1) is 21.3 Å². The van der Waals surface area contributed by atoms with Crippen LogP contribution in [0, 0.1) is 11.3 Å². The highest BCUT2D eigenvalue weighted by Crippen LogP contribution is 2.28. The Morgan fingerprint density at radius 3 is 2.25 bits per heavy atom. The number of amides is 1. The topological polar surface area (TPSA) is 98.1 Å². The smallest absolute Gasteiger partial charge is 0.349 e. The molecular weight excluding hydrogens is 412 g/mol. The van der Waals surface area contributed by atoms with Crippen LogP contribution in [0.2, 0.25) is 0 Å². The molecule has 8 nitrogen and oxygen atoms in total. The Morgan fingerprint density at radius 1 is 1.00 bits per heavy atom. The summed E-state index contributed by atoms with van der Waals surface area (Å²) in [7, 11) is 4.63. The van der Waals surface area contributed by atoms with E-state index in [1.54, 1.807) is 50.6 Å². The van der Waals surface area contributed by atoms with Gasteiger partial charge in [-0.3, -0.25) is 4.79 Å². The zero-order valence-corrected chi connectivity index (χ0v) is 18.6. The fraction of sp³-hybridized carbons (Fsp3) is 0.292. The number of carbonyl (C=O) groups excluding carboxylic acids is 2. The number of esters is 1. The quantitative estimate of drug-likeness (QED) is 0.319. The summed E-state index contributed by atoms with van der Waals surface area (Å²) in [6, 6.07) is 14.0. The van der Waals surface area contributed by atoms with Gasteiger partial charge < -0.3 is 23.8 Å². The van der Waals surface area contributed by atoms with Crippen LogP contribution in [0.25, 0.3) is 6.08 Å². The molecule has 0 spiro atoms. The van der Waals surface area contributed by atoms with Gasteiger partial charge in [0, 0.05) is 13.1 Å². The van der Waals surface area contributed by atoms with Crippen molar-refractivity contribution < 1.29 is 28.5 Å². The Morgan fingerprint density at radius 2 is 1.69 bits per heavy atom. The van der Waals surface area contributed by atoms with Crippen LogP contribution >= 0.6 is 0 Å². The largest absolute Gasteiger partial charge is 0.497 e. The number of methoxy groups -OCH3 is 3. The summed E-state index contributed by atoms with van der Waals surface area (Å²) >= 11 is 0. The van der Waals surface area contributed by atoms with Crippen molar-refractivity contribution in [1.82, 2.24) is 4.90 Å². The van der Waals surface area contributed by atoms with Gasteiger partial charge in [-0.25, -0.2) is 4.79 Å². The molecule has 0 saturated heterocycles. The molecule has 0 heterocycles. The predicted molar refractivity (Wildman–Crippen MR) is 118 cm³/mol. The molecule has 2 rings (SSSR count).